The van der Waals surface area contributed by atoms with Crippen LogP contribution in [0.1, 0.15) is 37.4 Å². The van der Waals surface area contributed by atoms with E-state index in [4.69, 9.17) is 14.2 Å². The highest BCUT2D eigenvalue weighted by Crippen LogP contribution is 2.45. The molecule has 2 aromatic rings. The summed E-state index contributed by atoms with van der Waals surface area (Å²) in [5.41, 5.74) is 0.981. The number of pyridine rings is 1. The van der Waals surface area contributed by atoms with Gasteiger partial charge in [0.15, 0.2) is 11.5 Å². The molecular formula is C26H33N3O6. The van der Waals surface area contributed by atoms with Crippen LogP contribution in [0.2, 0.25) is 0 Å². The monoisotopic (exact) mass is 483 g/mol. The van der Waals surface area contributed by atoms with Gasteiger partial charge in [0.2, 0.25) is 5.75 Å². The maximum atomic E-state index is 13.2. The van der Waals surface area contributed by atoms with Gasteiger partial charge < -0.3 is 29.1 Å². The number of aliphatic hydroxyl groups excluding tert-OH is 1. The van der Waals surface area contributed by atoms with Crippen molar-refractivity contribution >= 4 is 17.4 Å². The Morgan fingerprint density at radius 2 is 1.63 bits per heavy atom. The lowest BCUT2D eigenvalue weighted by Crippen LogP contribution is -2.33. The lowest BCUT2D eigenvalue weighted by molar-refractivity contribution is -0.140. The molecule has 0 radical (unpaired) electrons. The summed E-state index contributed by atoms with van der Waals surface area (Å²) in [6.45, 7) is 7.08. The number of carbonyl (C=O) groups is 2. The number of amides is 1. The second-order valence-electron chi connectivity index (χ2n) is 8.07. The molecule has 1 aromatic heterocycles. The normalized spacial score (nSPS) is 17.2. The number of hydrogen-bond acceptors (Lipinski definition) is 8. The van der Waals surface area contributed by atoms with Crippen LogP contribution in [0.15, 0.2) is 42.2 Å². The third kappa shape index (κ3) is 5.24. The van der Waals surface area contributed by atoms with Crippen molar-refractivity contribution in [1.82, 2.24) is 14.8 Å². The molecule has 0 bridgehead atoms. The van der Waals surface area contributed by atoms with Gasteiger partial charge in [0.05, 0.1) is 32.9 Å². The number of carbonyl (C=O) groups excluding carboxylic acids is 2. The lowest BCUT2D eigenvalue weighted by Gasteiger charge is -2.27. The van der Waals surface area contributed by atoms with Crippen molar-refractivity contribution in [1.29, 1.82) is 0 Å². The van der Waals surface area contributed by atoms with E-state index < -0.39 is 17.7 Å². The summed E-state index contributed by atoms with van der Waals surface area (Å²) in [5, 5.41) is 11.2. The summed E-state index contributed by atoms with van der Waals surface area (Å²) in [6, 6.07) is 5.77. The zero-order valence-electron chi connectivity index (χ0n) is 20.9. The molecule has 35 heavy (non-hydrogen) atoms. The van der Waals surface area contributed by atoms with Crippen LogP contribution >= 0.6 is 0 Å². The number of rotatable bonds is 11. The molecule has 9 heteroatoms. The Morgan fingerprint density at radius 1 is 1.03 bits per heavy atom. The average Bonchev–Trinajstić information content (AvgIpc) is 3.15. The van der Waals surface area contributed by atoms with Gasteiger partial charge in [-0.15, -0.1) is 0 Å². The van der Waals surface area contributed by atoms with Crippen LogP contribution in [0.4, 0.5) is 0 Å². The van der Waals surface area contributed by atoms with Crippen molar-refractivity contribution in [2.45, 2.75) is 26.3 Å². The minimum atomic E-state index is -0.825. The summed E-state index contributed by atoms with van der Waals surface area (Å²) in [5.74, 6) is -0.471. The highest BCUT2D eigenvalue weighted by atomic mass is 16.5. The van der Waals surface area contributed by atoms with Crippen LogP contribution in [0.25, 0.3) is 5.76 Å². The van der Waals surface area contributed by atoms with Crippen LogP contribution in [0.3, 0.4) is 0 Å². The Kier molecular flexibility index (Phi) is 8.70. The number of Topliss-reactive ketones (excluding diaryl/α,β-unsaturated/α-hetero) is 1. The van der Waals surface area contributed by atoms with Crippen LogP contribution in [0, 0.1) is 0 Å². The largest absolute Gasteiger partial charge is 0.507 e. The van der Waals surface area contributed by atoms with Crippen molar-refractivity contribution in [2.75, 3.05) is 47.5 Å². The van der Waals surface area contributed by atoms with Crippen LogP contribution in [0.5, 0.6) is 17.2 Å². The van der Waals surface area contributed by atoms with Gasteiger partial charge >= 0.3 is 0 Å². The van der Waals surface area contributed by atoms with Crippen LogP contribution in [-0.2, 0) is 9.59 Å². The predicted octanol–water partition coefficient (Wildman–Crippen LogP) is 3.26. The molecule has 1 amide bonds. The van der Waals surface area contributed by atoms with Crippen LogP contribution < -0.4 is 14.2 Å². The maximum Gasteiger partial charge on any atom is 0.295 e. The average molecular weight is 484 g/mol. The Bertz CT molecular complexity index is 1060. The zero-order valence-corrected chi connectivity index (χ0v) is 20.9. The fraction of sp³-hybridized carbons (Fsp3) is 0.423. The molecule has 1 atom stereocenters. The third-order valence-corrected chi connectivity index (χ3v) is 6.26. The van der Waals surface area contributed by atoms with E-state index in [1.54, 1.807) is 24.3 Å². The summed E-state index contributed by atoms with van der Waals surface area (Å²) in [6.07, 6.45) is 3.71. The number of benzene rings is 1. The molecule has 1 N–H and O–H groups in total. The highest BCUT2D eigenvalue weighted by Gasteiger charge is 2.46. The highest BCUT2D eigenvalue weighted by molar-refractivity contribution is 6.46. The van der Waals surface area contributed by atoms with Gasteiger partial charge in [-0.25, -0.2) is 0 Å². The van der Waals surface area contributed by atoms with E-state index in [2.05, 4.69) is 23.7 Å². The number of methoxy groups -OCH3 is 3. The van der Waals surface area contributed by atoms with Gasteiger partial charge in [-0.05, 0) is 55.9 Å². The topological polar surface area (TPSA) is 101 Å². The molecule has 1 aromatic carbocycles. The van der Waals surface area contributed by atoms with Gasteiger partial charge in [0, 0.05) is 24.5 Å². The lowest BCUT2D eigenvalue weighted by atomic mass is 9.95. The number of hydrogen-bond donors (Lipinski definition) is 1. The van der Waals surface area contributed by atoms with Crippen molar-refractivity contribution in [3.63, 3.8) is 0 Å². The number of aromatic nitrogens is 1. The van der Waals surface area contributed by atoms with E-state index in [1.165, 1.54) is 38.6 Å². The van der Waals surface area contributed by atoms with Crippen molar-refractivity contribution in [3.8, 4) is 17.2 Å². The molecule has 188 valence electrons. The summed E-state index contributed by atoms with van der Waals surface area (Å²) < 4.78 is 16.4. The third-order valence-electron chi connectivity index (χ3n) is 6.26. The molecule has 1 aliphatic heterocycles. The molecule has 0 saturated carbocycles. The smallest absolute Gasteiger partial charge is 0.295 e. The van der Waals surface area contributed by atoms with E-state index in [1.807, 2.05) is 0 Å². The molecule has 1 unspecified atom stereocenters. The zero-order chi connectivity index (χ0) is 25.5. The molecule has 0 spiro atoms. The maximum absolute atomic E-state index is 13.2. The van der Waals surface area contributed by atoms with E-state index in [-0.39, 0.29) is 11.3 Å². The number of ether oxygens (including phenoxy) is 3. The molecule has 9 nitrogen and oxygen atoms in total. The number of aliphatic hydroxyl groups is 1. The Hall–Kier alpha value is -3.59. The molecule has 3 rings (SSSR count). The standard InChI is InChI=1S/C26H33N3O6/c1-6-28(7-2)13-8-14-29-22(18-15-19(33-3)25(35-5)20(16-18)34-4)21(24(31)26(29)32)23(30)17-9-11-27-12-10-17/h9-12,15-16,22,30H,6-8,13-14H2,1-5H3/b23-21+. The second-order valence-corrected chi connectivity index (χ2v) is 8.07. The van der Waals surface area contributed by atoms with Gasteiger partial charge in [-0.1, -0.05) is 13.8 Å². The van der Waals surface area contributed by atoms with E-state index in [0.717, 1.165) is 19.6 Å². The molecule has 1 fully saturated rings. The van der Waals surface area contributed by atoms with Gasteiger partial charge in [0.1, 0.15) is 5.76 Å². The first kappa shape index (κ1) is 26.0. The Morgan fingerprint density at radius 3 is 2.14 bits per heavy atom. The SMILES string of the molecule is CCN(CC)CCCN1C(=O)C(=O)/C(=C(/O)c2ccncc2)C1c1cc(OC)c(OC)c(OC)c1. The Labute approximate surface area is 205 Å². The van der Waals surface area contributed by atoms with E-state index in [0.29, 0.717) is 41.3 Å². The number of nitrogens with zero attached hydrogens (tertiary/aromatic N) is 3. The number of likely N-dealkylation sites (tertiary alicyclic amines) is 1. The fourth-order valence-corrected chi connectivity index (χ4v) is 4.39. The summed E-state index contributed by atoms with van der Waals surface area (Å²) in [4.78, 5) is 34.2. The second kappa shape index (κ2) is 11.7. The number of ketones is 1. The fourth-order valence-electron chi connectivity index (χ4n) is 4.39. The summed E-state index contributed by atoms with van der Waals surface area (Å²) in [7, 11) is 4.50. The van der Waals surface area contributed by atoms with Crippen molar-refractivity contribution in [3.05, 3.63) is 53.4 Å². The van der Waals surface area contributed by atoms with Crippen LogP contribution in [-0.4, -0.2) is 79.1 Å². The summed E-state index contributed by atoms with van der Waals surface area (Å²) >= 11 is 0. The van der Waals surface area contributed by atoms with Gasteiger partial charge in [0.25, 0.3) is 11.7 Å². The van der Waals surface area contributed by atoms with Crippen molar-refractivity contribution < 1.29 is 28.9 Å². The molecule has 1 saturated heterocycles. The predicted molar refractivity (Wildman–Crippen MR) is 132 cm³/mol. The quantitative estimate of drug-likeness (QED) is 0.295. The molecule has 0 aliphatic carbocycles. The minimum Gasteiger partial charge on any atom is -0.507 e. The molecule has 2 heterocycles. The van der Waals surface area contributed by atoms with E-state index in [9.17, 15) is 14.7 Å². The first-order valence-electron chi connectivity index (χ1n) is 11.6. The Balaban J connectivity index is 2.15. The molecular weight excluding hydrogens is 450 g/mol. The van der Waals surface area contributed by atoms with E-state index >= 15 is 0 Å². The first-order valence-corrected chi connectivity index (χ1v) is 11.6. The molecule has 1 aliphatic rings. The minimum absolute atomic E-state index is 0.0123. The van der Waals surface area contributed by atoms with Gasteiger partial charge in [-0.2, -0.15) is 0 Å². The van der Waals surface area contributed by atoms with Crippen molar-refractivity contribution in [2.24, 2.45) is 0 Å². The van der Waals surface area contributed by atoms with Gasteiger partial charge in [-0.3, -0.25) is 14.6 Å². The first-order chi connectivity index (χ1) is 16.9.